The summed E-state index contributed by atoms with van der Waals surface area (Å²) in [5, 5.41) is 14.0. The van der Waals surface area contributed by atoms with Crippen LogP contribution in [0.25, 0.3) is 11.1 Å². The molecule has 7 aromatic rings. The first-order valence-electron chi connectivity index (χ1n) is 35.6. The van der Waals surface area contributed by atoms with E-state index in [1.165, 1.54) is 0 Å². The molecule has 7 rings (SSSR count). The summed E-state index contributed by atoms with van der Waals surface area (Å²) in [6, 6.07) is 52.8. The predicted octanol–water partition coefficient (Wildman–Crippen LogP) is 15.1. The van der Waals surface area contributed by atoms with E-state index in [0.29, 0.717) is 46.2 Å². The number of esters is 2. The number of alkyl carbamates (subject to hydrolysis) is 3. The molecule has 0 saturated carbocycles. The van der Waals surface area contributed by atoms with Crippen LogP contribution in [0.1, 0.15) is 107 Å². The number of benzene rings is 7. The van der Waals surface area contributed by atoms with Crippen LogP contribution in [0.15, 0.2) is 188 Å². The molecule has 556 valence electrons. The van der Waals surface area contributed by atoms with Crippen LogP contribution in [0.5, 0.6) is 11.5 Å². The molecule has 0 aliphatic carbocycles. The Balaban J connectivity index is 1.34. The number of hydrogen-bond donors (Lipinski definition) is 5. The molecule has 0 heterocycles. The van der Waals surface area contributed by atoms with E-state index >= 15 is 9.59 Å². The van der Waals surface area contributed by atoms with Crippen molar-refractivity contribution >= 4 is 58.4 Å². The van der Waals surface area contributed by atoms with Gasteiger partial charge in [-0.1, -0.05) is 224 Å². The van der Waals surface area contributed by atoms with E-state index in [0.717, 1.165) is 27.8 Å². The second kappa shape index (κ2) is 39.2. The van der Waals surface area contributed by atoms with Crippen LogP contribution < -0.4 is 36.1 Å². The van der Waals surface area contributed by atoms with Crippen molar-refractivity contribution in [1.82, 2.24) is 26.6 Å². The highest BCUT2D eigenvalue weighted by Gasteiger charge is 2.42. The van der Waals surface area contributed by atoms with Crippen LogP contribution >= 0.6 is 0 Å². The smallest absolute Gasteiger partial charge is 0.408 e. The third kappa shape index (κ3) is 27.8. The Bertz CT molecular complexity index is 3890. The number of ether oxygens (including phenoxy) is 7. The molecule has 20 nitrogen and oxygen atoms in total. The SMILES string of the molecule is CC[C@@H](C)C(NC(=O)[C@H](Cc1cc(-c2ccc(OCc3ccccc3)c(C[C@H](NC(=O)OCc3ccccc3)C(=O)OCC[Si](C)(C)C)c2)ccc1OCc1ccccc1)NC(=O)[C@H](C[C@H](CNC(=O)OCc1ccccc1)O[Si](C)(C)C(C)(C)C)NC(=O)OC(C)(C)C)C(=O)OCc1ccccc1. The third-order valence-electron chi connectivity index (χ3n) is 17.7. The van der Waals surface area contributed by atoms with E-state index in [9.17, 15) is 24.0 Å². The van der Waals surface area contributed by atoms with E-state index in [1.54, 1.807) is 32.9 Å². The lowest BCUT2D eigenvalue weighted by Gasteiger charge is -2.40. The summed E-state index contributed by atoms with van der Waals surface area (Å²) in [5.74, 6) is -2.67. The summed E-state index contributed by atoms with van der Waals surface area (Å²) in [7, 11) is -4.42. The molecule has 0 aliphatic rings. The van der Waals surface area contributed by atoms with Gasteiger partial charge in [-0.15, -0.1) is 0 Å². The third-order valence-corrected chi connectivity index (χ3v) is 24.0. The van der Waals surface area contributed by atoms with E-state index < -0.39 is 100 Å². The van der Waals surface area contributed by atoms with Gasteiger partial charge in [0.25, 0.3) is 0 Å². The van der Waals surface area contributed by atoms with E-state index in [1.807, 2.05) is 224 Å². The normalized spacial score (nSPS) is 13.4. The Hall–Kier alpha value is -9.78. The lowest BCUT2D eigenvalue weighted by molar-refractivity contribution is -0.151. The van der Waals surface area contributed by atoms with Crippen molar-refractivity contribution in [3.05, 3.63) is 227 Å². The first kappa shape index (κ1) is 81.5. The molecule has 5 amide bonds. The molecular weight excluding hydrogens is 1350 g/mol. The second-order valence-electron chi connectivity index (χ2n) is 29.7. The van der Waals surface area contributed by atoms with Crippen molar-refractivity contribution in [2.24, 2.45) is 5.92 Å². The van der Waals surface area contributed by atoms with Crippen molar-refractivity contribution < 1.29 is 71.1 Å². The number of rotatable bonds is 36. The highest BCUT2D eigenvalue weighted by Crippen LogP contribution is 2.38. The molecule has 0 aliphatic heterocycles. The molecule has 6 atom stereocenters. The number of carbonyl (C=O) groups excluding carboxylic acids is 7. The number of nitrogens with one attached hydrogen (secondary N) is 5. The zero-order valence-electron chi connectivity index (χ0n) is 62.5. The van der Waals surface area contributed by atoms with E-state index in [4.69, 9.17) is 37.6 Å². The fraction of sp³-hybridized carbons (Fsp3) is 0.402. The van der Waals surface area contributed by atoms with Gasteiger partial charge in [0.1, 0.15) is 74.3 Å². The summed E-state index contributed by atoms with van der Waals surface area (Å²) in [6.07, 6.45) is -3.60. The first-order valence-corrected chi connectivity index (χ1v) is 42.2. The van der Waals surface area contributed by atoms with Gasteiger partial charge in [0, 0.05) is 33.9 Å². The lowest BCUT2D eigenvalue weighted by atomic mass is 9.94. The minimum absolute atomic E-state index is 0.0120. The topological polar surface area (TPSA) is 253 Å². The van der Waals surface area contributed by atoms with Gasteiger partial charge in [0.15, 0.2) is 8.32 Å². The Labute approximate surface area is 615 Å². The van der Waals surface area contributed by atoms with Crippen LogP contribution in [0.3, 0.4) is 0 Å². The van der Waals surface area contributed by atoms with Gasteiger partial charge < -0.3 is 64.2 Å². The van der Waals surface area contributed by atoms with Crippen LogP contribution in [0.2, 0.25) is 43.8 Å². The molecule has 1 unspecified atom stereocenters. The second-order valence-corrected chi connectivity index (χ2v) is 40.1. The van der Waals surface area contributed by atoms with Gasteiger partial charge in [-0.05, 0) is 125 Å². The number of carbonyl (C=O) groups is 7. The maximum Gasteiger partial charge on any atom is 0.408 e. The molecule has 0 aromatic heterocycles. The molecule has 5 N–H and O–H groups in total. The van der Waals surface area contributed by atoms with Gasteiger partial charge in [-0.3, -0.25) is 9.59 Å². The summed E-state index contributed by atoms with van der Waals surface area (Å²) >= 11 is 0. The Morgan fingerprint density at radius 1 is 0.452 bits per heavy atom. The number of hydrogen-bond acceptors (Lipinski definition) is 15. The summed E-state index contributed by atoms with van der Waals surface area (Å²) in [5.41, 5.74) is 5.13. The fourth-order valence-electron chi connectivity index (χ4n) is 10.6. The molecule has 0 radical (unpaired) electrons. The maximum absolute atomic E-state index is 15.7. The van der Waals surface area contributed by atoms with Crippen molar-refractivity contribution in [3.8, 4) is 22.6 Å². The molecular formula is C82H105N5O15Si2. The van der Waals surface area contributed by atoms with Gasteiger partial charge in [0.2, 0.25) is 11.8 Å². The average molecular weight is 1460 g/mol. The molecule has 0 fully saturated rings. The molecule has 104 heavy (non-hydrogen) atoms. The highest BCUT2D eigenvalue weighted by molar-refractivity contribution is 6.76. The Morgan fingerprint density at radius 3 is 1.32 bits per heavy atom. The average Bonchev–Trinajstić information content (AvgIpc) is 0.808. The molecule has 0 spiro atoms. The van der Waals surface area contributed by atoms with Crippen LogP contribution in [-0.4, -0.2) is 107 Å². The Morgan fingerprint density at radius 2 is 0.875 bits per heavy atom. The fourth-order valence-corrected chi connectivity index (χ4v) is 12.7. The van der Waals surface area contributed by atoms with Crippen LogP contribution in [-0.2, 0) is 93.2 Å². The molecule has 0 bridgehead atoms. The monoisotopic (exact) mass is 1460 g/mol. The van der Waals surface area contributed by atoms with Crippen molar-refractivity contribution in [2.75, 3.05) is 13.2 Å². The molecule has 0 saturated heterocycles. The van der Waals surface area contributed by atoms with Gasteiger partial charge in [0.05, 0.1) is 12.7 Å². The maximum atomic E-state index is 15.7. The highest BCUT2D eigenvalue weighted by atomic mass is 28.4. The van der Waals surface area contributed by atoms with Crippen molar-refractivity contribution in [1.29, 1.82) is 0 Å². The zero-order valence-corrected chi connectivity index (χ0v) is 64.5. The summed E-state index contributed by atoms with van der Waals surface area (Å²) in [4.78, 5) is 101. The van der Waals surface area contributed by atoms with Crippen molar-refractivity contribution in [3.63, 3.8) is 0 Å². The predicted molar refractivity (Wildman–Crippen MR) is 408 cm³/mol. The largest absolute Gasteiger partial charge is 0.489 e. The molecule has 7 aromatic carbocycles. The quantitative estimate of drug-likeness (QED) is 0.0139. The minimum Gasteiger partial charge on any atom is -0.489 e. The molecule has 22 heteroatoms. The number of amides is 5. The van der Waals surface area contributed by atoms with E-state index in [-0.39, 0.29) is 70.5 Å². The van der Waals surface area contributed by atoms with Crippen molar-refractivity contribution in [2.45, 2.75) is 194 Å². The van der Waals surface area contributed by atoms with Gasteiger partial charge >= 0.3 is 30.2 Å². The first-order chi connectivity index (χ1) is 49.4. The zero-order chi connectivity index (χ0) is 75.5. The van der Waals surface area contributed by atoms with Gasteiger partial charge in [-0.25, -0.2) is 24.0 Å². The summed E-state index contributed by atoms with van der Waals surface area (Å²) < 4.78 is 49.1. The van der Waals surface area contributed by atoms with Crippen LogP contribution in [0, 0.1) is 5.92 Å². The summed E-state index contributed by atoms with van der Waals surface area (Å²) in [6.45, 7) is 25.6. The lowest BCUT2D eigenvalue weighted by Crippen LogP contribution is -2.58. The van der Waals surface area contributed by atoms with Crippen LogP contribution in [0.4, 0.5) is 14.4 Å². The van der Waals surface area contributed by atoms with Gasteiger partial charge in [-0.2, -0.15) is 0 Å². The minimum atomic E-state index is -2.74. The standard InChI is InChI=1S/C82H105N5O15Si2/c1-14-57(2)73(77(91)98-54-60-34-24-17-25-35-60)87-75(89)68(84-74(88)69(85-80(94)101-81(3,4)5)50-67(102-104(12,13)82(6,7)8)51-83-78(92)99-55-61-36-26-18-27-37-61)48-65-46-63(40-42-71(65)96-52-58-30-20-15-21-31-58)64-41-43-72(97-53-59-32-22-16-23-33-59)66(47-64)49-70(76(90)95-44-45-103(9,10)11)86-79(93)100-56-62-38-28-19-29-39-62/h15-43,46-47,57,67-70,73H,14,44-45,48-56H2,1-13H3,(H,83,92)(H,84,88)(H,85,94)(H,86,93)(H,87,89)/t57-,67-,68+,69+,70+,73?/m1/s1. The Kier molecular flexibility index (Phi) is 30.7. The van der Waals surface area contributed by atoms with E-state index in [2.05, 4.69) is 46.2 Å².